The topological polar surface area (TPSA) is 126 Å². The fourth-order valence-corrected chi connectivity index (χ4v) is 1.95. The Hall–Kier alpha value is -2.68. The van der Waals surface area contributed by atoms with Gasteiger partial charge in [-0.3, -0.25) is 14.9 Å². The van der Waals surface area contributed by atoms with Crippen LogP contribution in [0.2, 0.25) is 0 Å². The van der Waals surface area contributed by atoms with Crippen molar-refractivity contribution in [3.05, 3.63) is 62.0 Å². The van der Waals surface area contributed by atoms with Crippen molar-refractivity contribution in [3.63, 3.8) is 0 Å². The number of hydrogen-bond donors (Lipinski definition) is 1. The molecule has 0 bridgehead atoms. The number of amides is 1. The van der Waals surface area contributed by atoms with Crippen LogP contribution in [0.5, 0.6) is 0 Å². The lowest BCUT2D eigenvalue weighted by molar-refractivity contribution is -0.385. The summed E-state index contributed by atoms with van der Waals surface area (Å²) in [6.07, 6.45) is 0. The van der Waals surface area contributed by atoms with Gasteiger partial charge in [-0.25, -0.2) is 4.79 Å². The minimum absolute atomic E-state index is 0.00302. The van der Waals surface area contributed by atoms with Crippen molar-refractivity contribution < 1.29 is 23.7 Å². The lowest BCUT2D eigenvalue weighted by Crippen LogP contribution is -2.12. The number of rotatable bonds is 5. The van der Waals surface area contributed by atoms with Crippen molar-refractivity contribution in [1.29, 1.82) is 0 Å². The van der Waals surface area contributed by atoms with E-state index in [1.54, 1.807) is 0 Å². The van der Waals surface area contributed by atoms with E-state index < -0.39 is 16.8 Å². The van der Waals surface area contributed by atoms with Gasteiger partial charge in [-0.15, -0.1) is 0 Å². The number of nitro benzene ring substituents is 1. The summed E-state index contributed by atoms with van der Waals surface area (Å²) < 4.78 is 10.3. The van der Waals surface area contributed by atoms with E-state index >= 15 is 0 Å². The molecule has 8 nitrogen and oxygen atoms in total. The number of primary amides is 1. The molecule has 0 atom stereocenters. The number of nitrogens with two attached hydrogens (primary N) is 1. The molecule has 0 aliphatic rings. The Morgan fingerprint density at radius 2 is 2.05 bits per heavy atom. The summed E-state index contributed by atoms with van der Waals surface area (Å²) in [5.41, 5.74) is 4.84. The third-order valence-electron chi connectivity index (χ3n) is 2.70. The highest BCUT2D eigenvalue weighted by molar-refractivity contribution is 9.10. The molecule has 0 spiro atoms. The van der Waals surface area contributed by atoms with Crippen LogP contribution in [0.15, 0.2) is 39.4 Å². The number of hydrogen-bond acceptors (Lipinski definition) is 6. The molecule has 1 aromatic carbocycles. The zero-order chi connectivity index (χ0) is 16.3. The molecule has 1 heterocycles. The average Bonchev–Trinajstić information content (AvgIpc) is 2.91. The lowest BCUT2D eigenvalue weighted by Gasteiger charge is -2.05. The monoisotopic (exact) mass is 368 g/mol. The van der Waals surface area contributed by atoms with Gasteiger partial charge < -0.3 is 14.9 Å². The molecular weight excluding hydrogens is 360 g/mol. The standard InChI is InChI=1S/C13H9BrN2O6/c14-11-4-3-10(22-11)13(18)21-6-8-2-1-7(12(15)17)5-9(8)16(19)20/h1-5H,6H2,(H2,15,17). The van der Waals surface area contributed by atoms with Crippen LogP contribution >= 0.6 is 15.9 Å². The second-order valence-corrected chi connectivity index (χ2v) is 4.93. The average molecular weight is 369 g/mol. The molecular formula is C13H9BrN2O6. The smallest absolute Gasteiger partial charge is 0.374 e. The highest BCUT2D eigenvalue weighted by Crippen LogP contribution is 2.22. The molecule has 0 aliphatic carbocycles. The maximum Gasteiger partial charge on any atom is 0.374 e. The fourth-order valence-electron chi connectivity index (χ4n) is 1.65. The first-order valence-corrected chi connectivity index (χ1v) is 6.67. The highest BCUT2D eigenvalue weighted by atomic mass is 79.9. The predicted octanol–water partition coefficient (Wildman–Crippen LogP) is 2.41. The van der Waals surface area contributed by atoms with E-state index in [9.17, 15) is 19.7 Å². The molecule has 0 radical (unpaired) electrons. The van der Waals surface area contributed by atoms with E-state index in [-0.39, 0.29) is 29.2 Å². The van der Waals surface area contributed by atoms with E-state index in [4.69, 9.17) is 14.9 Å². The SMILES string of the molecule is NC(=O)c1ccc(COC(=O)c2ccc(Br)o2)c([N+](=O)[O-])c1. The lowest BCUT2D eigenvalue weighted by atomic mass is 10.1. The van der Waals surface area contributed by atoms with Gasteiger partial charge in [0, 0.05) is 11.6 Å². The molecule has 0 fully saturated rings. The second-order valence-electron chi connectivity index (χ2n) is 4.14. The number of furan rings is 1. The van der Waals surface area contributed by atoms with Crippen LogP contribution in [-0.4, -0.2) is 16.8 Å². The van der Waals surface area contributed by atoms with Gasteiger partial charge in [0.1, 0.15) is 6.61 Å². The summed E-state index contributed by atoms with van der Waals surface area (Å²) in [5, 5.41) is 11.0. The van der Waals surface area contributed by atoms with E-state index in [1.165, 1.54) is 24.3 Å². The van der Waals surface area contributed by atoms with Gasteiger partial charge in [0.25, 0.3) is 5.69 Å². The number of carbonyl (C=O) groups excluding carboxylic acids is 2. The molecule has 2 aromatic rings. The number of nitro groups is 1. The largest absolute Gasteiger partial charge is 0.455 e. The van der Waals surface area contributed by atoms with Crippen LogP contribution in [0.25, 0.3) is 0 Å². The van der Waals surface area contributed by atoms with Crippen LogP contribution in [0.3, 0.4) is 0 Å². The van der Waals surface area contributed by atoms with Crippen LogP contribution in [0.4, 0.5) is 5.69 Å². The summed E-state index contributed by atoms with van der Waals surface area (Å²) >= 11 is 3.04. The maximum atomic E-state index is 11.7. The van der Waals surface area contributed by atoms with E-state index in [0.29, 0.717) is 4.67 Å². The Morgan fingerprint density at radius 3 is 2.59 bits per heavy atom. The molecule has 22 heavy (non-hydrogen) atoms. The third kappa shape index (κ3) is 3.50. The van der Waals surface area contributed by atoms with Crippen molar-refractivity contribution in [2.24, 2.45) is 5.73 Å². The van der Waals surface area contributed by atoms with Crippen LogP contribution in [0.1, 0.15) is 26.5 Å². The third-order valence-corrected chi connectivity index (χ3v) is 3.13. The Morgan fingerprint density at radius 1 is 1.32 bits per heavy atom. The molecule has 0 aliphatic heterocycles. The van der Waals surface area contributed by atoms with Gasteiger partial charge >= 0.3 is 5.97 Å². The van der Waals surface area contributed by atoms with Gasteiger partial charge in [0.15, 0.2) is 4.67 Å². The molecule has 0 saturated heterocycles. The Labute approximate surface area is 132 Å². The van der Waals surface area contributed by atoms with Crippen molar-refractivity contribution in [2.75, 3.05) is 0 Å². The fraction of sp³-hybridized carbons (Fsp3) is 0.0769. The van der Waals surface area contributed by atoms with Crippen LogP contribution < -0.4 is 5.73 Å². The predicted molar refractivity (Wildman–Crippen MR) is 77.1 cm³/mol. The second kappa shape index (κ2) is 6.39. The number of nitrogens with zero attached hydrogens (tertiary/aromatic N) is 1. The molecule has 114 valence electrons. The minimum Gasteiger partial charge on any atom is -0.455 e. The normalized spacial score (nSPS) is 10.2. The van der Waals surface area contributed by atoms with Gasteiger partial charge in [-0.05, 0) is 40.2 Å². The summed E-state index contributed by atoms with van der Waals surface area (Å²) in [6, 6.07) is 6.58. The molecule has 9 heteroatoms. The summed E-state index contributed by atoms with van der Waals surface area (Å²) in [6.45, 7) is -0.341. The van der Waals surface area contributed by atoms with Crippen molar-refractivity contribution in [3.8, 4) is 0 Å². The molecule has 0 saturated carbocycles. The van der Waals surface area contributed by atoms with E-state index in [2.05, 4.69) is 15.9 Å². The number of carbonyl (C=O) groups is 2. The van der Waals surface area contributed by atoms with Gasteiger partial charge in [-0.2, -0.15) is 0 Å². The maximum absolute atomic E-state index is 11.7. The van der Waals surface area contributed by atoms with Crippen LogP contribution in [0, 0.1) is 10.1 Å². The van der Waals surface area contributed by atoms with E-state index in [0.717, 1.165) is 6.07 Å². The van der Waals surface area contributed by atoms with Crippen molar-refractivity contribution in [1.82, 2.24) is 0 Å². The van der Waals surface area contributed by atoms with Crippen LogP contribution in [-0.2, 0) is 11.3 Å². The highest BCUT2D eigenvalue weighted by Gasteiger charge is 2.19. The number of ether oxygens (including phenoxy) is 1. The molecule has 2 N–H and O–H groups in total. The Bertz CT molecular complexity index is 755. The quantitative estimate of drug-likeness (QED) is 0.490. The molecule has 1 amide bonds. The first-order chi connectivity index (χ1) is 10.4. The Kier molecular flexibility index (Phi) is 4.56. The van der Waals surface area contributed by atoms with Gasteiger partial charge in [0.05, 0.1) is 10.5 Å². The Balaban J connectivity index is 2.17. The number of benzene rings is 1. The zero-order valence-electron chi connectivity index (χ0n) is 10.9. The van der Waals surface area contributed by atoms with E-state index in [1.807, 2.05) is 0 Å². The van der Waals surface area contributed by atoms with Crippen molar-refractivity contribution >= 4 is 33.5 Å². The van der Waals surface area contributed by atoms with Gasteiger partial charge in [0.2, 0.25) is 11.7 Å². The number of esters is 1. The van der Waals surface area contributed by atoms with Gasteiger partial charge in [-0.1, -0.05) is 0 Å². The van der Waals surface area contributed by atoms with Crippen molar-refractivity contribution in [2.45, 2.75) is 6.61 Å². The molecule has 0 unspecified atom stereocenters. The number of halogens is 1. The first kappa shape index (κ1) is 15.7. The summed E-state index contributed by atoms with van der Waals surface area (Å²) in [5.74, 6) is -1.59. The zero-order valence-corrected chi connectivity index (χ0v) is 12.5. The summed E-state index contributed by atoms with van der Waals surface area (Å²) in [4.78, 5) is 33.1. The molecule has 1 aromatic heterocycles. The first-order valence-electron chi connectivity index (χ1n) is 5.88. The minimum atomic E-state index is -0.785. The summed E-state index contributed by atoms with van der Waals surface area (Å²) in [7, 11) is 0. The molecule has 2 rings (SSSR count).